The summed E-state index contributed by atoms with van der Waals surface area (Å²) in [5, 5.41) is 4.09. The highest BCUT2D eigenvalue weighted by Gasteiger charge is 2.32. The molecule has 0 unspecified atom stereocenters. The van der Waals surface area contributed by atoms with Crippen LogP contribution in [0.25, 0.3) is 0 Å². The number of rotatable bonds is 2. The van der Waals surface area contributed by atoms with Crippen LogP contribution in [0.3, 0.4) is 0 Å². The Morgan fingerprint density at radius 3 is 2.79 bits per heavy atom. The van der Waals surface area contributed by atoms with Crippen molar-refractivity contribution in [3.8, 4) is 0 Å². The Morgan fingerprint density at radius 1 is 1.57 bits per heavy atom. The van der Waals surface area contributed by atoms with Crippen molar-refractivity contribution in [1.82, 2.24) is 4.98 Å². The summed E-state index contributed by atoms with van der Waals surface area (Å²) in [5.41, 5.74) is 0.226. The fraction of sp³-hybridized carbons (Fsp3) is 0.500. The minimum Gasteiger partial charge on any atom is -0.364 e. The molecule has 1 aromatic rings. The molecular formula is C10H12BrClN2. The van der Waals surface area contributed by atoms with Crippen molar-refractivity contribution in [2.45, 2.75) is 31.7 Å². The number of pyridine rings is 1. The summed E-state index contributed by atoms with van der Waals surface area (Å²) >= 11 is 9.26. The van der Waals surface area contributed by atoms with Gasteiger partial charge in [0.05, 0.1) is 9.50 Å². The van der Waals surface area contributed by atoms with Gasteiger partial charge in [0.1, 0.15) is 5.82 Å². The molecule has 2 nitrogen and oxygen atoms in total. The third-order valence-corrected chi connectivity index (χ3v) is 3.50. The lowest BCUT2D eigenvalue weighted by molar-refractivity contribution is 0.305. The summed E-state index contributed by atoms with van der Waals surface area (Å²) in [6.07, 6.45) is 5.39. The van der Waals surface area contributed by atoms with Crippen LogP contribution in [-0.2, 0) is 0 Å². The number of nitrogens with zero attached hydrogens (tertiary/aromatic N) is 1. The maximum absolute atomic E-state index is 5.82. The van der Waals surface area contributed by atoms with Crippen LogP contribution < -0.4 is 5.32 Å². The smallest absolute Gasteiger partial charge is 0.140 e. The second kappa shape index (κ2) is 3.70. The lowest BCUT2D eigenvalue weighted by Crippen LogP contribution is -2.41. The lowest BCUT2D eigenvalue weighted by Gasteiger charge is -2.39. The average molecular weight is 276 g/mol. The molecule has 4 heteroatoms. The van der Waals surface area contributed by atoms with Gasteiger partial charge in [-0.05, 0) is 48.2 Å². The summed E-state index contributed by atoms with van der Waals surface area (Å²) in [7, 11) is 0. The molecule has 14 heavy (non-hydrogen) atoms. The van der Waals surface area contributed by atoms with E-state index in [2.05, 4.69) is 33.2 Å². The molecule has 76 valence electrons. The first-order valence-corrected chi connectivity index (χ1v) is 5.85. The van der Waals surface area contributed by atoms with Crippen LogP contribution in [0.5, 0.6) is 0 Å². The second-order valence-corrected chi connectivity index (χ2v) is 5.31. The van der Waals surface area contributed by atoms with Gasteiger partial charge in [-0.1, -0.05) is 11.6 Å². The van der Waals surface area contributed by atoms with Crippen LogP contribution in [0, 0.1) is 0 Å². The predicted octanol–water partition coefficient (Wildman–Crippen LogP) is 3.85. The molecule has 2 rings (SSSR count). The topological polar surface area (TPSA) is 24.9 Å². The van der Waals surface area contributed by atoms with Gasteiger partial charge in [-0.2, -0.15) is 0 Å². The standard InChI is InChI=1S/C10H12BrClN2/c1-10(3-2-4-10)14-9-8(11)5-7(12)6-13-9/h5-6H,2-4H2,1H3,(H,13,14). The molecule has 1 fully saturated rings. The SMILES string of the molecule is CC1(Nc2ncc(Cl)cc2Br)CCC1. The van der Waals surface area contributed by atoms with Crippen molar-refractivity contribution in [1.29, 1.82) is 0 Å². The molecule has 0 bridgehead atoms. The molecule has 1 aliphatic rings. The van der Waals surface area contributed by atoms with E-state index in [1.807, 2.05) is 6.07 Å². The molecule has 1 aliphatic carbocycles. The van der Waals surface area contributed by atoms with E-state index in [1.165, 1.54) is 19.3 Å². The van der Waals surface area contributed by atoms with Gasteiger partial charge in [0.15, 0.2) is 0 Å². The Labute approximate surface area is 97.2 Å². The van der Waals surface area contributed by atoms with Crippen molar-refractivity contribution in [3.63, 3.8) is 0 Å². The van der Waals surface area contributed by atoms with E-state index in [0.29, 0.717) is 5.02 Å². The van der Waals surface area contributed by atoms with Crippen molar-refractivity contribution in [3.05, 3.63) is 21.8 Å². The van der Waals surface area contributed by atoms with Crippen LogP contribution in [0.1, 0.15) is 26.2 Å². The van der Waals surface area contributed by atoms with Gasteiger partial charge >= 0.3 is 0 Å². The molecule has 0 aromatic carbocycles. The zero-order valence-electron chi connectivity index (χ0n) is 7.98. The molecule has 0 aliphatic heterocycles. The number of hydrogen-bond acceptors (Lipinski definition) is 2. The minimum absolute atomic E-state index is 0.226. The zero-order valence-corrected chi connectivity index (χ0v) is 10.3. The van der Waals surface area contributed by atoms with Crippen LogP contribution in [0.2, 0.25) is 5.02 Å². The van der Waals surface area contributed by atoms with Gasteiger partial charge in [0.2, 0.25) is 0 Å². The molecule has 1 aromatic heterocycles. The number of hydrogen-bond donors (Lipinski definition) is 1. The molecule has 1 heterocycles. The van der Waals surface area contributed by atoms with E-state index in [1.54, 1.807) is 6.20 Å². The molecule has 0 saturated heterocycles. The molecule has 0 spiro atoms. The average Bonchev–Trinajstić information content (AvgIpc) is 2.07. The van der Waals surface area contributed by atoms with E-state index >= 15 is 0 Å². The second-order valence-electron chi connectivity index (χ2n) is 4.02. The molecular weight excluding hydrogens is 263 g/mol. The van der Waals surface area contributed by atoms with Gasteiger partial charge in [-0.15, -0.1) is 0 Å². The van der Waals surface area contributed by atoms with E-state index in [4.69, 9.17) is 11.6 Å². The Morgan fingerprint density at radius 2 is 2.29 bits per heavy atom. The highest BCUT2D eigenvalue weighted by molar-refractivity contribution is 9.10. The monoisotopic (exact) mass is 274 g/mol. The first-order valence-electron chi connectivity index (χ1n) is 4.68. The summed E-state index contributed by atoms with van der Waals surface area (Å²) < 4.78 is 0.929. The highest BCUT2D eigenvalue weighted by atomic mass is 79.9. The van der Waals surface area contributed by atoms with E-state index in [9.17, 15) is 0 Å². The van der Waals surface area contributed by atoms with Crippen molar-refractivity contribution >= 4 is 33.3 Å². The zero-order chi connectivity index (χ0) is 10.2. The van der Waals surface area contributed by atoms with Crippen LogP contribution in [0.4, 0.5) is 5.82 Å². The summed E-state index contributed by atoms with van der Waals surface area (Å²) in [4.78, 5) is 4.25. The van der Waals surface area contributed by atoms with Crippen LogP contribution in [0.15, 0.2) is 16.7 Å². The summed E-state index contributed by atoms with van der Waals surface area (Å²) in [5.74, 6) is 0.886. The first kappa shape index (κ1) is 10.2. The normalized spacial score (nSPS) is 18.8. The number of halogens is 2. The van der Waals surface area contributed by atoms with Gasteiger partial charge in [-0.3, -0.25) is 0 Å². The molecule has 0 amide bonds. The highest BCUT2D eigenvalue weighted by Crippen LogP contribution is 2.36. The fourth-order valence-corrected chi connectivity index (χ4v) is 2.36. The van der Waals surface area contributed by atoms with Gasteiger partial charge in [-0.25, -0.2) is 4.98 Å². The Bertz CT molecular complexity index is 350. The van der Waals surface area contributed by atoms with Gasteiger partial charge in [0, 0.05) is 11.7 Å². The molecule has 1 N–H and O–H groups in total. The summed E-state index contributed by atoms with van der Waals surface area (Å²) in [6, 6.07) is 1.86. The summed E-state index contributed by atoms with van der Waals surface area (Å²) in [6.45, 7) is 2.22. The minimum atomic E-state index is 0.226. The molecule has 0 radical (unpaired) electrons. The first-order chi connectivity index (χ1) is 6.59. The number of nitrogens with one attached hydrogen (secondary N) is 1. The van der Waals surface area contributed by atoms with Crippen molar-refractivity contribution in [2.24, 2.45) is 0 Å². The maximum Gasteiger partial charge on any atom is 0.140 e. The predicted molar refractivity (Wildman–Crippen MR) is 62.8 cm³/mol. The van der Waals surface area contributed by atoms with Crippen LogP contribution in [-0.4, -0.2) is 10.5 Å². The maximum atomic E-state index is 5.82. The Kier molecular flexibility index (Phi) is 2.71. The number of anilines is 1. The molecule has 0 atom stereocenters. The van der Waals surface area contributed by atoms with Gasteiger partial charge in [0.25, 0.3) is 0 Å². The fourth-order valence-electron chi connectivity index (χ4n) is 1.62. The Hall–Kier alpha value is -0.280. The third-order valence-electron chi connectivity index (χ3n) is 2.69. The van der Waals surface area contributed by atoms with Gasteiger partial charge < -0.3 is 5.32 Å². The lowest BCUT2D eigenvalue weighted by atomic mass is 9.78. The van der Waals surface area contributed by atoms with E-state index in [0.717, 1.165) is 10.3 Å². The van der Waals surface area contributed by atoms with E-state index < -0.39 is 0 Å². The Balaban J connectivity index is 2.16. The molecule has 1 saturated carbocycles. The van der Waals surface area contributed by atoms with E-state index in [-0.39, 0.29) is 5.54 Å². The van der Waals surface area contributed by atoms with Crippen molar-refractivity contribution < 1.29 is 0 Å². The van der Waals surface area contributed by atoms with Crippen molar-refractivity contribution in [2.75, 3.05) is 5.32 Å². The quantitative estimate of drug-likeness (QED) is 0.887. The van der Waals surface area contributed by atoms with Crippen LogP contribution >= 0.6 is 27.5 Å². The third kappa shape index (κ3) is 2.04. The number of aromatic nitrogens is 1. The largest absolute Gasteiger partial charge is 0.364 e.